The molecule has 0 aliphatic carbocycles. The number of amides is 2. The van der Waals surface area contributed by atoms with Crippen LogP contribution in [0.2, 0.25) is 0 Å². The molecule has 1 aromatic rings. The third-order valence-corrected chi connectivity index (χ3v) is 5.51. The highest BCUT2D eigenvalue weighted by molar-refractivity contribution is 5.99. The van der Waals surface area contributed by atoms with Crippen LogP contribution in [0, 0.1) is 0 Å². The van der Waals surface area contributed by atoms with E-state index in [0.29, 0.717) is 50.4 Å². The zero-order valence-corrected chi connectivity index (χ0v) is 16.3. The molecule has 2 N–H and O–H groups in total. The van der Waals surface area contributed by atoms with Crippen molar-refractivity contribution in [2.24, 2.45) is 0 Å². The summed E-state index contributed by atoms with van der Waals surface area (Å²) in [6.07, 6.45) is 0. The zero-order chi connectivity index (χ0) is 19.9. The number of aliphatic hydroxyl groups excluding tert-OH is 2. The minimum absolute atomic E-state index is 0.0499. The standard InChI is InChI=1S/C20H30N4O4/c25-14-12-21-4-8-23(9-5-21)19(27)17-2-1-3-18(16-17)20(28)24-10-6-22(7-11-24)13-15-26/h1-3,16,25-26H,4-15H2. The van der Waals surface area contributed by atoms with Crippen LogP contribution in [-0.2, 0) is 0 Å². The van der Waals surface area contributed by atoms with E-state index < -0.39 is 0 Å². The highest BCUT2D eigenvalue weighted by Crippen LogP contribution is 2.14. The van der Waals surface area contributed by atoms with E-state index in [1.54, 1.807) is 24.3 Å². The smallest absolute Gasteiger partial charge is 0.253 e. The van der Waals surface area contributed by atoms with E-state index in [1.807, 2.05) is 9.80 Å². The molecule has 2 aliphatic rings. The van der Waals surface area contributed by atoms with Gasteiger partial charge in [-0.2, -0.15) is 0 Å². The van der Waals surface area contributed by atoms with Crippen LogP contribution in [0.3, 0.4) is 0 Å². The second-order valence-electron chi connectivity index (χ2n) is 7.30. The van der Waals surface area contributed by atoms with Crippen molar-refractivity contribution in [3.63, 3.8) is 0 Å². The fourth-order valence-corrected chi connectivity index (χ4v) is 3.78. The number of hydrogen-bond acceptors (Lipinski definition) is 6. The van der Waals surface area contributed by atoms with E-state index in [9.17, 15) is 9.59 Å². The largest absolute Gasteiger partial charge is 0.395 e. The number of piperazine rings is 2. The van der Waals surface area contributed by atoms with Crippen molar-refractivity contribution in [3.05, 3.63) is 35.4 Å². The number of nitrogens with zero attached hydrogens (tertiary/aromatic N) is 4. The Morgan fingerprint density at radius 1 is 0.714 bits per heavy atom. The molecule has 2 heterocycles. The number of aliphatic hydroxyl groups is 2. The molecule has 0 aromatic heterocycles. The van der Waals surface area contributed by atoms with Gasteiger partial charge in [0.15, 0.2) is 0 Å². The number of rotatable bonds is 6. The Morgan fingerprint density at radius 2 is 1.11 bits per heavy atom. The first-order valence-corrected chi connectivity index (χ1v) is 9.97. The average molecular weight is 390 g/mol. The van der Waals surface area contributed by atoms with E-state index in [1.165, 1.54) is 0 Å². The van der Waals surface area contributed by atoms with Crippen molar-refractivity contribution < 1.29 is 19.8 Å². The molecule has 0 radical (unpaired) electrons. The van der Waals surface area contributed by atoms with E-state index in [4.69, 9.17) is 10.2 Å². The van der Waals surface area contributed by atoms with Gasteiger partial charge in [0.1, 0.15) is 0 Å². The molecule has 28 heavy (non-hydrogen) atoms. The SMILES string of the molecule is O=C(c1cccc(C(=O)N2CCN(CCO)CC2)c1)N1CCN(CCO)CC1. The first kappa shape index (κ1) is 20.7. The van der Waals surface area contributed by atoms with Crippen LogP contribution in [0.15, 0.2) is 24.3 Å². The van der Waals surface area contributed by atoms with Gasteiger partial charge in [-0.25, -0.2) is 0 Å². The number of benzene rings is 1. The third-order valence-electron chi connectivity index (χ3n) is 5.51. The van der Waals surface area contributed by atoms with Crippen molar-refractivity contribution >= 4 is 11.8 Å². The molecule has 2 aliphatic heterocycles. The minimum atomic E-state index is -0.0499. The Hall–Kier alpha value is -2.00. The van der Waals surface area contributed by atoms with Gasteiger partial charge in [-0.15, -0.1) is 0 Å². The van der Waals surface area contributed by atoms with Crippen molar-refractivity contribution in [2.75, 3.05) is 78.7 Å². The van der Waals surface area contributed by atoms with Gasteiger partial charge in [0, 0.05) is 76.6 Å². The summed E-state index contributed by atoms with van der Waals surface area (Å²) in [5.41, 5.74) is 1.08. The molecule has 154 valence electrons. The van der Waals surface area contributed by atoms with Crippen LogP contribution in [0.5, 0.6) is 0 Å². The first-order chi connectivity index (χ1) is 13.6. The van der Waals surface area contributed by atoms with E-state index in [-0.39, 0.29) is 25.0 Å². The first-order valence-electron chi connectivity index (χ1n) is 9.97. The molecule has 1 aromatic carbocycles. The van der Waals surface area contributed by atoms with Gasteiger partial charge in [0.25, 0.3) is 11.8 Å². The monoisotopic (exact) mass is 390 g/mol. The summed E-state index contributed by atoms with van der Waals surface area (Å²) in [5, 5.41) is 18.1. The molecule has 8 heteroatoms. The molecule has 2 amide bonds. The molecule has 0 atom stereocenters. The Bertz CT molecular complexity index is 615. The molecule has 8 nitrogen and oxygen atoms in total. The van der Waals surface area contributed by atoms with Gasteiger partial charge in [-0.05, 0) is 18.2 Å². The number of carbonyl (C=O) groups excluding carboxylic acids is 2. The summed E-state index contributed by atoms with van der Waals surface area (Å²) in [6.45, 7) is 7.06. The quantitative estimate of drug-likeness (QED) is 0.661. The summed E-state index contributed by atoms with van der Waals surface area (Å²) >= 11 is 0. The normalized spacial score (nSPS) is 19.1. The van der Waals surface area contributed by atoms with Crippen LogP contribution in [0.25, 0.3) is 0 Å². The van der Waals surface area contributed by atoms with Crippen LogP contribution in [0.1, 0.15) is 20.7 Å². The molecule has 0 bridgehead atoms. The van der Waals surface area contributed by atoms with Gasteiger partial charge >= 0.3 is 0 Å². The second-order valence-corrected chi connectivity index (χ2v) is 7.30. The molecule has 0 unspecified atom stereocenters. The Labute approximate surface area is 165 Å². The van der Waals surface area contributed by atoms with Gasteiger partial charge in [-0.1, -0.05) is 6.07 Å². The van der Waals surface area contributed by atoms with Crippen LogP contribution >= 0.6 is 0 Å². The fourth-order valence-electron chi connectivity index (χ4n) is 3.78. The lowest BCUT2D eigenvalue weighted by atomic mass is 10.1. The number of carbonyl (C=O) groups is 2. The highest BCUT2D eigenvalue weighted by atomic mass is 16.3. The third kappa shape index (κ3) is 5.08. The lowest BCUT2D eigenvalue weighted by Gasteiger charge is -2.35. The predicted octanol–water partition coefficient (Wildman–Crippen LogP) is -0.813. The summed E-state index contributed by atoms with van der Waals surface area (Å²) in [6, 6.07) is 6.99. The van der Waals surface area contributed by atoms with E-state index in [0.717, 1.165) is 26.2 Å². The van der Waals surface area contributed by atoms with Crippen molar-refractivity contribution in [1.29, 1.82) is 0 Å². The predicted molar refractivity (Wildman–Crippen MR) is 105 cm³/mol. The molecule has 0 saturated carbocycles. The lowest BCUT2D eigenvalue weighted by Crippen LogP contribution is -2.49. The topological polar surface area (TPSA) is 87.6 Å². The minimum Gasteiger partial charge on any atom is -0.395 e. The maximum Gasteiger partial charge on any atom is 0.253 e. The second kappa shape index (κ2) is 9.97. The van der Waals surface area contributed by atoms with Crippen LogP contribution < -0.4 is 0 Å². The van der Waals surface area contributed by atoms with E-state index >= 15 is 0 Å². The van der Waals surface area contributed by atoms with Crippen molar-refractivity contribution in [1.82, 2.24) is 19.6 Å². The average Bonchev–Trinajstić information content (AvgIpc) is 2.74. The maximum atomic E-state index is 12.8. The Kier molecular flexibility index (Phi) is 7.38. The highest BCUT2D eigenvalue weighted by Gasteiger charge is 2.25. The molecular formula is C20H30N4O4. The van der Waals surface area contributed by atoms with Gasteiger partial charge in [0.2, 0.25) is 0 Å². The molecule has 2 saturated heterocycles. The molecule has 3 rings (SSSR count). The van der Waals surface area contributed by atoms with Gasteiger partial charge in [-0.3, -0.25) is 19.4 Å². The maximum absolute atomic E-state index is 12.8. The summed E-state index contributed by atoms with van der Waals surface area (Å²) in [4.78, 5) is 33.6. The molecular weight excluding hydrogens is 360 g/mol. The van der Waals surface area contributed by atoms with Crippen LogP contribution in [0.4, 0.5) is 0 Å². The molecule has 2 fully saturated rings. The summed E-state index contributed by atoms with van der Waals surface area (Å²) in [7, 11) is 0. The van der Waals surface area contributed by atoms with Crippen LogP contribution in [-0.4, -0.2) is 120 Å². The fraction of sp³-hybridized carbons (Fsp3) is 0.600. The van der Waals surface area contributed by atoms with Gasteiger partial charge < -0.3 is 20.0 Å². The lowest BCUT2D eigenvalue weighted by molar-refractivity contribution is 0.0613. The van der Waals surface area contributed by atoms with Crippen molar-refractivity contribution in [2.45, 2.75) is 0 Å². The number of hydrogen-bond donors (Lipinski definition) is 2. The number of β-amino-alcohol motifs (C(OH)–C–C–N with tert-alkyl or cyclic N) is 2. The Morgan fingerprint density at radius 3 is 1.46 bits per heavy atom. The summed E-state index contributed by atoms with van der Waals surface area (Å²) in [5.74, 6) is -0.0999. The molecule has 0 spiro atoms. The van der Waals surface area contributed by atoms with E-state index in [2.05, 4.69) is 9.80 Å². The zero-order valence-electron chi connectivity index (χ0n) is 16.3. The van der Waals surface area contributed by atoms with Gasteiger partial charge in [0.05, 0.1) is 13.2 Å². The Balaban J connectivity index is 1.59. The summed E-state index contributed by atoms with van der Waals surface area (Å²) < 4.78 is 0. The van der Waals surface area contributed by atoms with Crippen molar-refractivity contribution in [3.8, 4) is 0 Å².